The zero-order valence-electron chi connectivity index (χ0n) is 16.7. The van der Waals surface area contributed by atoms with E-state index in [9.17, 15) is 14.0 Å². The maximum atomic E-state index is 13.8. The summed E-state index contributed by atoms with van der Waals surface area (Å²) in [6.45, 7) is 1.93. The average molecular weight is 433 g/mol. The Bertz CT molecular complexity index is 865. The van der Waals surface area contributed by atoms with Crippen molar-refractivity contribution in [3.8, 4) is 0 Å². The highest BCUT2D eigenvalue weighted by Gasteiger charge is 2.23. The van der Waals surface area contributed by atoms with Crippen molar-refractivity contribution < 1.29 is 14.0 Å². The van der Waals surface area contributed by atoms with Crippen LogP contribution in [-0.2, 0) is 4.79 Å². The first-order chi connectivity index (χ1) is 14.5. The van der Waals surface area contributed by atoms with E-state index in [4.69, 9.17) is 11.6 Å². The molecule has 1 atom stereocenters. The van der Waals surface area contributed by atoms with E-state index in [0.29, 0.717) is 13.1 Å². The van der Waals surface area contributed by atoms with Crippen molar-refractivity contribution in [2.24, 2.45) is 0 Å². The second-order valence-electron chi connectivity index (χ2n) is 7.31. The van der Waals surface area contributed by atoms with Gasteiger partial charge in [0.15, 0.2) is 0 Å². The number of likely N-dealkylation sites (tertiary alicyclic amines) is 1. The third-order valence-corrected chi connectivity index (χ3v) is 5.35. The predicted molar refractivity (Wildman–Crippen MR) is 117 cm³/mol. The Labute approximate surface area is 180 Å². The van der Waals surface area contributed by atoms with Crippen LogP contribution in [0.25, 0.3) is 0 Å². The number of hydrogen-bond acceptors (Lipinski definition) is 3. The summed E-state index contributed by atoms with van der Waals surface area (Å²) >= 11 is 5.74. The molecule has 0 radical (unpaired) electrons. The molecule has 1 aliphatic heterocycles. The van der Waals surface area contributed by atoms with Crippen molar-refractivity contribution in [1.82, 2.24) is 10.2 Å². The van der Waals surface area contributed by atoms with Crippen LogP contribution in [0.3, 0.4) is 0 Å². The molecule has 0 bridgehead atoms. The molecular weight excluding hydrogens is 407 g/mol. The summed E-state index contributed by atoms with van der Waals surface area (Å²) in [6, 6.07) is 13.3. The first kappa shape index (κ1) is 22.1. The van der Waals surface area contributed by atoms with Crippen molar-refractivity contribution >= 4 is 34.9 Å². The summed E-state index contributed by atoms with van der Waals surface area (Å²) in [5, 5.41) is 8.60. The second kappa shape index (κ2) is 10.9. The maximum Gasteiger partial charge on any atom is 0.319 e. The van der Waals surface area contributed by atoms with Crippen molar-refractivity contribution in [1.29, 1.82) is 0 Å². The monoisotopic (exact) mass is 432 g/mol. The van der Waals surface area contributed by atoms with Gasteiger partial charge in [-0.3, -0.25) is 9.69 Å². The molecule has 1 aliphatic rings. The zero-order chi connectivity index (χ0) is 21.3. The van der Waals surface area contributed by atoms with Crippen LogP contribution in [0.4, 0.5) is 20.6 Å². The van der Waals surface area contributed by atoms with E-state index < -0.39 is 5.82 Å². The summed E-state index contributed by atoms with van der Waals surface area (Å²) < 4.78 is 13.8. The topological polar surface area (TPSA) is 73.5 Å². The number of halogens is 2. The number of carbonyl (C=O) groups excluding carboxylic acids is 2. The van der Waals surface area contributed by atoms with Crippen molar-refractivity contribution in [3.63, 3.8) is 0 Å². The van der Waals surface area contributed by atoms with Crippen molar-refractivity contribution in [3.05, 3.63) is 59.4 Å². The molecule has 1 fully saturated rings. The highest BCUT2D eigenvalue weighted by atomic mass is 35.5. The van der Waals surface area contributed by atoms with E-state index in [1.165, 1.54) is 18.2 Å². The number of benzene rings is 2. The minimum atomic E-state index is -0.555. The van der Waals surface area contributed by atoms with E-state index in [0.717, 1.165) is 31.5 Å². The SMILES string of the molecule is O=C(CCN1CCCCC1CNC(=O)Nc1ccccc1)Nc1ccc(Cl)cc1F. The quantitative estimate of drug-likeness (QED) is 0.603. The lowest BCUT2D eigenvalue weighted by Gasteiger charge is -2.35. The number of hydrogen-bond donors (Lipinski definition) is 3. The maximum absolute atomic E-state index is 13.8. The van der Waals surface area contributed by atoms with Crippen molar-refractivity contribution in [2.45, 2.75) is 31.7 Å². The summed E-state index contributed by atoms with van der Waals surface area (Å²) in [7, 11) is 0. The van der Waals surface area contributed by atoms with Gasteiger partial charge in [0.05, 0.1) is 5.69 Å². The van der Waals surface area contributed by atoms with Crippen LogP contribution in [0.2, 0.25) is 5.02 Å². The molecule has 0 saturated carbocycles. The first-order valence-electron chi connectivity index (χ1n) is 10.1. The fourth-order valence-electron chi connectivity index (χ4n) is 3.54. The Morgan fingerprint density at radius 1 is 1.10 bits per heavy atom. The summed E-state index contributed by atoms with van der Waals surface area (Å²) in [5.74, 6) is -0.810. The van der Waals surface area contributed by atoms with Crippen LogP contribution >= 0.6 is 11.6 Å². The van der Waals surface area contributed by atoms with Gasteiger partial charge in [0.2, 0.25) is 5.91 Å². The number of rotatable bonds is 7. The molecule has 3 rings (SSSR count). The Morgan fingerprint density at radius 2 is 1.90 bits per heavy atom. The third kappa shape index (κ3) is 6.71. The molecule has 8 heteroatoms. The number of nitrogens with zero attached hydrogens (tertiary/aromatic N) is 1. The minimum Gasteiger partial charge on any atom is -0.336 e. The van der Waals surface area contributed by atoms with Crippen LogP contribution in [0, 0.1) is 5.82 Å². The molecule has 0 aliphatic carbocycles. The van der Waals surface area contributed by atoms with Gasteiger partial charge >= 0.3 is 6.03 Å². The first-order valence-corrected chi connectivity index (χ1v) is 10.5. The van der Waals surface area contributed by atoms with Crippen LogP contribution < -0.4 is 16.0 Å². The Balaban J connectivity index is 1.45. The van der Waals surface area contributed by atoms with Gasteiger partial charge in [-0.2, -0.15) is 0 Å². The largest absolute Gasteiger partial charge is 0.336 e. The van der Waals surface area contributed by atoms with Crippen LogP contribution in [-0.4, -0.2) is 42.5 Å². The van der Waals surface area contributed by atoms with Crippen LogP contribution in [0.15, 0.2) is 48.5 Å². The lowest BCUT2D eigenvalue weighted by molar-refractivity contribution is -0.116. The molecule has 6 nitrogen and oxygen atoms in total. The van der Waals surface area contributed by atoms with Gasteiger partial charge in [-0.05, 0) is 49.7 Å². The summed E-state index contributed by atoms with van der Waals surface area (Å²) in [5.41, 5.74) is 0.862. The average Bonchev–Trinajstić information content (AvgIpc) is 2.74. The summed E-state index contributed by atoms with van der Waals surface area (Å²) in [6.07, 6.45) is 3.35. The molecule has 1 saturated heterocycles. The van der Waals surface area contributed by atoms with E-state index in [1.54, 1.807) is 0 Å². The highest BCUT2D eigenvalue weighted by molar-refractivity contribution is 6.30. The summed E-state index contributed by atoms with van der Waals surface area (Å²) in [4.78, 5) is 26.6. The van der Waals surface area contributed by atoms with E-state index in [-0.39, 0.29) is 35.1 Å². The van der Waals surface area contributed by atoms with E-state index >= 15 is 0 Å². The predicted octanol–water partition coefficient (Wildman–Crippen LogP) is 4.48. The third-order valence-electron chi connectivity index (χ3n) is 5.11. The normalized spacial score (nSPS) is 16.7. The molecule has 3 N–H and O–H groups in total. The molecule has 2 aromatic rings. The van der Waals surface area contributed by atoms with Gasteiger partial charge in [-0.25, -0.2) is 9.18 Å². The number of amides is 3. The molecular formula is C22H26ClFN4O2. The number of urea groups is 1. The molecule has 160 valence electrons. The smallest absolute Gasteiger partial charge is 0.319 e. The minimum absolute atomic E-state index is 0.124. The Morgan fingerprint density at radius 3 is 2.67 bits per heavy atom. The number of carbonyl (C=O) groups is 2. The van der Waals surface area contributed by atoms with Gasteiger partial charge < -0.3 is 16.0 Å². The lowest BCUT2D eigenvalue weighted by Crippen LogP contribution is -2.48. The highest BCUT2D eigenvalue weighted by Crippen LogP contribution is 2.20. The zero-order valence-corrected chi connectivity index (χ0v) is 17.4. The molecule has 1 heterocycles. The number of anilines is 2. The molecule has 2 aromatic carbocycles. The van der Waals surface area contributed by atoms with Crippen LogP contribution in [0.5, 0.6) is 0 Å². The molecule has 30 heavy (non-hydrogen) atoms. The van der Waals surface area contributed by atoms with Crippen LogP contribution in [0.1, 0.15) is 25.7 Å². The lowest BCUT2D eigenvalue weighted by atomic mass is 10.0. The van der Waals surface area contributed by atoms with Gasteiger partial charge in [0.1, 0.15) is 5.82 Å². The number of para-hydroxylation sites is 1. The fraction of sp³-hybridized carbons (Fsp3) is 0.364. The van der Waals surface area contributed by atoms with Gasteiger partial charge in [0.25, 0.3) is 0 Å². The fourth-order valence-corrected chi connectivity index (χ4v) is 3.70. The van der Waals surface area contributed by atoms with Gasteiger partial charge in [-0.1, -0.05) is 36.2 Å². The molecule has 0 aromatic heterocycles. The van der Waals surface area contributed by atoms with Gasteiger partial charge in [-0.15, -0.1) is 0 Å². The van der Waals surface area contributed by atoms with E-state index in [1.807, 2.05) is 30.3 Å². The Kier molecular flexibility index (Phi) is 8.04. The molecule has 0 spiro atoms. The second-order valence-corrected chi connectivity index (χ2v) is 7.75. The van der Waals surface area contributed by atoms with Gasteiger partial charge in [0, 0.05) is 36.3 Å². The number of nitrogens with one attached hydrogen (secondary N) is 3. The Hall–Kier alpha value is -2.64. The molecule has 1 unspecified atom stereocenters. The van der Waals surface area contributed by atoms with Crippen molar-refractivity contribution in [2.75, 3.05) is 30.3 Å². The number of piperidine rings is 1. The van der Waals surface area contributed by atoms with E-state index in [2.05, 4.69) is 20.9 Å². The molecule has 3 amide bonds. The standard InChI is InChI=1S/C22H26ClFN4O2/c23-16-9-10-20(19(24)14-16)27-21(29)11-13-28-12-5-4-8-18(28)15-25-22(30)26-17-6-2-1-3-7-17/h1-3,6-7,9-10,14,18H,4-5,8,11-13,15H2,(H,27,29)(H2,25,26,30).